The third kappa shape index (κ3) is 4.75. The van der Waals surface area contributed by atoms with Gasteiger partial charge in [-0.1, -0.05) is 18.2 Å². The topological polar surface area (TPSA) is 93.5 Å². The van der Waals surface area contributed by atoms with Gasteiger partial charge in [0.15, 0.2) is 0 Å². The van der Waals surface area contributed by atoms with E-state index in [1.54, 1.807) is 30.6 Å². The summed E-state index contributed by atoms with van der Waals surface area (Å²) < 4.78 is 35.6. The Balaban J connectivity index is 1.25. The third-order valence-corrected chi connectivity index (χ3v) is 8.05. The Morgan fingerprint density at radius 3 is 2.11 bits per heavy atom. The van der Waals surface area contributed by atoms with Crippen molar-refractivity contribution in [2.75, 3.05) is 31.1 Å². The van der Waals surface area contributed by atoms with Crippen LogP contribution in [0.5, 0.6) is 11.5 Å². The van der Waals surface area contributed by atoms with Crippen LogP contribution in [0.3, 0.4) is 0 Å². The van der Waals surface area contributed by atoms with Crippen LogP contribution in [-0.2, 0) is 10.0 Å². The zero-order valence-corrected chi connectivity index (χ0v) is 20.4. The minimum atomic E-state index is -3.61. The molecule has 4 aromatic rings. The standard InChI is InChI=1S/C25H26N6O3S/c1-19-20(2)31(18-28-19)25-16-24(26-17-27-25)29-12-14-30(15-13-29)35(32,33)23-10-8-22(9-11-23)34-21-6-4-3-5-7-21/h3-11,16-18H,12-15H2,1-2H3. The number of ether oxygens (including phenoxy) is 1. The molecule has 1 saturated heterocycles. The van der Waals surface area contributed by atoms with Crippen molar-refractivity contribution in [3.05, 3.63) is 84.7 Å². The maximum absolute atomic E-state index is 13.2. The number of anilines is 1. The lowest BCUT2D eigenvalue weighted by Gasteiger charge is -2.34. The SMILES string of the molecule is Cc1ncn(-c2cc(N3CCN(S(=O)(=O)c4ccc(Oc5ccccc5)cc4)CC3)ncn2)c1C. The number of aromatic nitrogens is 4. The molecule has 0 spiro atoms. The number of imidazole rings is 1. The predicted octanol–water partition coefficient (Wildman–Crippen LogP) is 3.58. The second kappa shape index (κ2) is 9.47. The van der Waals surface area contributed by atoms with Crippen molar-refractivity contribution in [3.63, 3.8) is 0 Å². The van der Waals surface area contributed by atoms with E-state index < -0.39 is 10.0 Å². The van der Waals surface area contributed by atoms with Crippen LogP contribution < -0.4 is 9.64 Å². The summed E-state index contributed by atoms with van der Waals surface area (Å²) >= 11 is 0. The predicted molar refractivity (Wildman–Crippen MR) is 133 cm³/mol. The van der Waals surface area contributed by atoms with E-state index in [4.69, 9.17) is 4.74 Å². The molecule has 10 heteroatoms. The molecule has 5 rings (SSSR count). The van der Waals surface area contributed by atoms with Crippen LogP contribution in [0.4, 0.5) is 5.82 Å². The van der Waals surface area contributed by atoms with Gasteiger partial charge in [0, 0.05) is 37.9 Å². The largest absolute Gasteiger partial charge is 0.457 e. The summed E-state index contributed by atoms with van der Waals surface area (Å²) in [5.41, 5.74) is 1.97. The molecular formula is C25H26N6O3S. The van der Waals surface area contributed by atoms with Gasteiger partial charge in [-0.05, 0) is 50.2 Å². The summed E-state index contributed by atoms with van der Waals surface area (Å²) in [6.45, 7) is 5.76. The van der Waals surface area contributed by atoms with Gasteiger partial charge < -0.3 is 9.64 Å². The molecule has 0 bridgehead atoms. The highest BCUT2D eigenvalue weighted by Gasteiger charge is 2.29. The van der Waals surface area contributed by atoms with Gasteiger partial charge in [0.25, 0.3) is 0 Å². The van der Waals surface area contributed by atoms with Gasteiger partial charge in [-0.15, -0.1) is 0 Å². The fraction of sp³-hybridized carbons (Fsp3) is 0.240. The highest BCUT2D eigenvalue weighted by molar-refractivity contribution is 7.89. The Hall–Kier alpha value is -3.76. The molecule has 3 heterocycles. The van der Waals surface area contributed by atoms with E-state index in [-0.39, 0.29) is 4.90 Å². The second-order valence-corrected chi connectivity index (χ2v) is 10.2. The first kappa shape index (κ1) is 23.0. The van der Waals surface area contributed by atoms with Crippen molar-refractivity contribution in [2.45, 2.75) is 18.7 Å². The maximum Gasteiger partial charge on any atom is 0.243 e. The lowest BCUT2D eigenvalue weighted by Crippen LogP contribution is -2.48. The fourth-order valence-electron chi connectivity index (χ4n) is 3.98. The number of sulfonamides is 1. The van der Waals surface area contributed by atoms with E-state index in [1.807, 2.05) is 54.8 Å². The van der Waals surface area contributed by atoms with E-state index in [0.29, 0.717) is 37.7 Å². The monoisotopic (exact) mass is 490 g/mol. The van der Waals surface area contributed by atoms with E-state index in [0.717, 1.165) is 23.0 Å². The Labute approximate surface area is 204 Å². The minimum Gasteiger partial charge on any atom is -0.457 e. The number of hydrogen-bond acceptors (Lipinski definition) is 7. The van der Waals surface area contributed by atoms with Crippen LogP contribution in [0.2, 0.25) is 0 Å². The molecule has 0 amide bonds. The van der Waals surface area contributed by atoms with E-state index in [9.17, 15) is 8.42 Å². The van der Waals surface area contributed by atoms with Crippen molar-refractivity contribution >= 4 is 15.8 Å². The zero-order valence-electron chi connectivity index (χ0n) is 19.6. The van der Waals surface area contributed by atoms with Crippen molar-refractivity contribution in [3.8, 4) is 17.3 Å². The first-order chi connectivity index (χ1) is 16.9. The number of benzene rings is 2. The van der Waals surface area contributed by atoms with Crippen molar-refractivity contribution < 1.29 is 13.2 Å². The molecule has 0 unspecified atom stereocenters. The highest BCUT2D eigenvalue weighted by atomic mass is 32.2. The van der Waals surface area contributed by atoms with Gasteiger partial charge >= 0.3 is 0 Å². The second-order valence-electron chi connectivity index (χ2n) is 8.30. The quantitative estimate of drug-likeness (QED) is 0.408. The van der Waals surface area contributed by atoms with Crippen LogP contribution in [0.25, 0.3) is 5.82 Å². The molecule has 0 N–H and O–H groups in total. The van der Waals surface area contributed by atoms with Gasteiger partial charge in [0.1, 0.15) is 35.8 Å². The summed E-state index contributed by atoms with van der Waals surface area (Å²) in [5, 5.41) is 0. The van der Waals surface area contributed by atoms with Crippen LogP contribution in [0.15, 0.2) is 78.2 Å². The van der Waals surface area contributed by atoms with Crippen molar-refractivity contribution in [2.24, 2.45) is 0 Å². The van der Waals surface area contributed by atoms with E-state index >= 15 is 0 Å². The number of hydrogen-bond donors (Lipinski definition) is 0. The van der Waals surface area contributed by atoms with E-state index in [1.165, 1.54) is 10.6 Å². The molecule has 0 aliphatic carbocycles. The van der Waals surface area contributed by atoms with Gasteiger partial charge in [-0.3, -0.25) is 4.57 Å². The van der Waals surface area contributed by atoms with Gasteiger partial charge in [-0.25, -0.2) is 23.4 Å². The summed E-state index contributed by atoms with van der Waals surface area (Å²) in [4.78, 5) is 15.5. The molecule has 9 nitrogen and oxygen atoms in total. The number of rotatable bonds is 6. The Morgan fingerprint density at radius 2 is 1.46 bits per heavy atom. The summed E-state index contributed by atoms with van der Waals surface area (Å²) in [5.74, 6) is 2.79. The Bertz CT molecular complexity index is 1410. The number of aryl methyl sites for hydroxylation is 1. The maximum atomic E-state index is 13.2. The molecule has 0 radical (unpaired) electrons. The molecular weight excluding hydrogens is 464 g/mol. The van der Waals surface area contributed by atoms with Crippen LogP contribution in [0, 0.1) is 13.8 Å². The minimum absolute atomic E-state index is 0.252. The first-order valence-corrected chi connectivity index (χ1v) is 12.8. The average Bonchev–Trinajstić information content (AvgIpc) is 3.23. The molecule has 2 aromatic heterocycles. The summed E-state index contributed by atoms with van der Waals surface area (Å²) in [7, 11) is -3.61. The molecule has 0 atom stereocenters. The van der Waals surface area contributed by atoms with Gasteiger partial charge in [0.05, 0.1) is 10.6 Å². The summed E-state index contributed by atoms with van der Waals surface area (Å²) in [6, 6.07) is 17.8. The zero-order chi connectivity index (χ0) is 24.4. The molecule has 1 aliphatic rings. The average molecular weight is 491 g/mol. The van der Waals surface area contributed by atoms with Crippen molar-refractivity contribution in [1.82, 2.24) is 23.8 Å². The highest BCUT2D eigenvalue weighted by Crippen LogP contribution is 2.25. The van der Waals surface area contributed by atoms with Crippen LogP contribution in [0.1, 0.15) is 11.4 Å². The van der Waals surface area contributed by atoms with Gasteiger partial charge in [-0.2, -0.15) is 4.31 Å². The normalized spacial score (nSPS) is 14.7. The number of nitrogens with zero attached hydrogens (tertiary/aromatic N) is 6. The van der Waals surface area contributed by atoms with Crippen LogP contribution in [-0.4, -0.2) is 58.4 Å². The Morgan fingerprint density at radius 1 is 0.800 bits per heavy atom. The molecule has 1 aliphatic heterocycles. The molecule has 35 heavy (non-hydrogen) atoms. The number of para-hydroxylation sites is 1. The van der Waals surface area contributed by atoms with E-state index in [2.05, 4.69) is 19.9 Å². The van der Waals surface area contributed by atoms with Crippen molar-refractivity contribution in [1.29, 1.82) is 0 Å². The molecule has 2 aromatic carbocycles. The lowest BCUT2D eigenvalue weighted by atomic mass is 10.3. The van der Waals surface area contributed by atoms with Gasteiger partial charge in [0.2, 0.25) is 10.0 Å². The molecule has 180 valence electrons. The molecule has 0 saturated carbocycles. The van der Waals surface area contributed by atoms with Crippen LogP contribution >= 0.6 is 0 Å². The smallest absolute Gasteiger partial charge is 0.243 e. The molecule has 1 fully saturated rings. The third-order valence-electron chi connectivity index (χ3n) is 6.14. The first-order valence-electron chi connectivity index (χ1n) is 11.3. The number of piperazine rings is 1. The fourth-order valence-corrected chi connectivity index (χ4v) is 5.40. The Kier molecular flexibility index (Phi) is 6.23. The lowest BCUT2D eigenvalue weighted by molar-refractivity contribution is 0.383. The summed E-state index contributed by atoms with van der Waals surface area (Å²) in [6.07, 6.45) is 3.28.